The first-order valence-corrected chi connectivity index (χ1v) is 28.9. The highest BCUT2D eigenvalue weighted by Crippen LogP contribution is 2.72. The summed E-state index contributed by atoms with van der Waals surface area (Å²) in [5.41, 5.74) is 10.5. The van der Waals surface area contributed by atoms with E-state index < -0.39 is 60.2 Å². The third-order valence-corrected chi connectivity index (χ3v) is 18.2. The number of carboxylic acid groups (broad SMARTS) is 2. The van der Waals surface area contributed by atoms with Gasteiger partial charge in [-0.25, -0.2) is 24.4 Å². The van der Waals surface area contributed by atoms with Crippen LogP contribution in [-0.4, -0.2) is 150 Å². The number of aromatic nitrogens is 4. The van der Waals surface area contributed by atoms with Crippen LogP contribution in [0.3, 0.4) is 0 Å². The number of amides is 3. The number of nitrogens with one attached hydrogen (secondary N) is 2. The fourth-order valence-corrected chi connectivity index (χ4v) is 15.5. The zero-order valence-corrected chi connectivity index (χ0v) is 47.9. The van der Waals surface area contributed by atoms with Crippen molar-refractivity contribution in [2.45, 2.75) is 128 Å². The van der Waals surface area contributed by atoms with E-state index in [1.165, 1.54) is 34.4 Å². The van der Waals surface area contributed by atoms with Crippen molar-refractivity contribution in [1.29, 1.82) is 0 Å². The molecule has 444 valence electrons. The number of anilines is 3. The topological polar surface area (TPSA) is 324 Å². The Morgan fingerprint density at radius 2 is 1.65 bits per heavy atom. The maximum absolute atomic E-state index is 13.8. The number of likely N-dealkylation sites (N-methyl/N-ethyl adjacent to an activating group) is 1. The smallest absolute Gasteiger partial charge is 0.409 e. The van der Waals surface area contributed by atoms with Crippen molar-refractivity contribution < 1.29 is 68.5 Å². The van der Waals surface area contributed by atoms with Crippen LogP contribution in [0, 0.1) is 23.2 Å². The van der Waals surface area contributed by atoms with E-state index in [1.807, 2.05) is 65.0 Å². The molecule has 2 aliphatic heterocycles. The third-order valence-electron chi connectivity index (χ3n) is 17.2. The predicted octanol–water partition coefficient (Wildman–Crippen LogP) is 6.34. The van der Waals surface area contributed by atoms with E-state index in [0.29, 0.717) is 59.3 Å². The number of carbonyl (C=O) groups excluding carboxylic acids is 3. The number of fused-ring (bicyclic) bond motifs is 2. The molecule has 1 saturated heterocycles. The van der Waals surface area contributed by atoms with Gasteiger partial charge in [-0.15, -0.1) is 0 Å². The van der Waals surface area contributed by atoms with Crippen LogP contribution in [0.2, 0.25) is 0 Å². The van der Waals surface area contributed by atoms with Gasteiger partial charge in [0.15, 0.2) is 16.9 Å². The summed E-state index contributed by atoms with van der Waals surface area (Å²) in [6.45, 7) is 8.50. The first kappa shape index (κ1) is 58.2. The second-order valence-corrected chi connectivity index (χ2v) is 25.2. The number of carboxylic acids is 2. The molecular formula is C60H69N9O14S. The second kappa shape index (κ2) is 22.8. The number of aromatic carboxylic acids is 1. The Morgan fingerprint density at radius 3 is 2.39 bits per heavy atom. The molecule has 4 bridgehead atoms. The molecule has 6 aromatic rings. The molecule has 7 atom stereocenters. The van der Waals surface area contributed by atoms with Crippen molar-refractivity contribution in [2.24, 2.45) is 22.0 Å². The van der Waals surface area contributed by atoms with Crippen LogP contribution >= 0.6 is 11.3 Å². The van der Waals surface area contributed by atoms with Crippen LogP contribution in [0.15, 0.2) is 79.0 Å². The molecule has 0 spiro atoms. The van der Waals surface area contributed by atoms with E-state index >= 15 is 0 Å². The number of thiazole rings is 1. The number of aliphatic hydroxyl groups excluding tert-OH is 3. The number of nitrogens with two attached hydrogens (primary N) is 1. The SMILES string of the molecule is Cc1c(-c2ccc(N3CCc4cccc(C(=O)Nc5nc6ccccc6s5)c4C3)nc2C(=O)O)cnn1CC12CC3(C)CC(C)(C1)CC(OCCN(C)C(=O)OCc1ccc(O[C@@H]4O[C@H](C(=O)O)[C@@H](O)[C@H](O)[C@H]4O)c(NC(=O)CCN)c1)(C3)C2. The average molecular weight is 1170 g/mol. The molecule has 6 aliphatic rings. The largest absolute Gasteiger partial charge is 0.479 e. The van der Waals surface area contributed by atoms with Gasteiger partial charge < -0.3 is 65.3 Å². The Balaban J connectivity index is 0.733. The maximum Gasteiger partial charge on any atom is 0.409 e. The number of pyridine rings is 1. The Morgan fingerprint density at radius 1 is 0.881 bits per heavy atom. The van der Waals surface area contributed by atoms with Crippen LogP contribution in [0.1, 0.15) is 102 Å². The van der Waals surface area contributed by atoms with Gasteiger partial charge in [-0.1, -0.05) is 55.5 Å². The molecule has 12 rings (SSSR count). The van der Waals surface area contributed by atoms with Gasteiger partial charge in [-0.3, -0.25) is 19.6 Å². The summed E-state index contributed by atoms with van der Waals surface area (Å²) in [5.74, 6) is -3.09. The van der Waals surface area contributed by atoms with Gasteiger partial charge >= 0.3 is 18.0 Å². The Hall–Kier alpha value is -7.58. The second-order valence-electron chi connectivity index (χ2n) is 24.2. The van der Waals surface area contributed by atoms with Gasteiger partial charge in [-0.2, -0.15) is 5.10 Å². The number of para-hydroxylation sites is 1. The molecule has 4 aliphatic carbocycles. The molecule has 3 amide bonds. The number of hydrogen-bond acceptors (Lipinski definition) is 18. The van der Waals surface area contributed by atoms with E-state index in [0.717, 1.165) is 65.6 Å². The molecule has 2 unspecified atom stereocenters. The lowest BCUT2D eigenvalue weighted by molar-refractivity contribution is -0.271. The highest BCUT2D eigenvalue weighted by Gasteiger charge is 2.66. The number of rotatable bonds is 19. The van der Waals surface area contributed by atoms with Crippen molar-refractivity contribution in [3.8, 4) is 16.9 Å². The fraction of sp³-hybridized carbons (Fsp3) is 0.467. The molecule has 9 N–H and O–H groups in total. The van der Waals surface area contributed by atoms with E-state index in [-0.39, 0.29) is 72.0 Å². The van der Waals surface area contributed by atoms with Crippen molar-refractivity contribution >= 4 is 68.0 Å². The fourth-order valence-electron chi connectivity index (χ4n) is 14.7. The zero-order chi connectivity index (χ0) is 59.5. The van der Waals surface area contributed by atoms with Crippen molar-refractivity contribution in [3.05, 3.63) is 113 Å². The lowest BCUT2D eigenvalue weighted by atomic mass is 9.39. The van der Waals surface area contributed by atoms with Crippen LogP contribution in [-0.2, 0) is 49.9 Å². The lowest BCUT2D eigenvalue weighted by Gasteiger charge is -2.69. The van der Waals surface area contributed by atoms with Crippen LogP contribution < -0.4 is 26.0 Å². The average Bonchev–Trinajstić information content (AvgIpc) is 0.897. The van der Waals surface area contributed by atoms with Gasteiger partial charge in [0, 0.05) is 68.6 Å². The van der Waals surface area contributed by atoms with E-state index in [2.05, 4.69) is 29.5 Å². The molecule has 3 aromatic carbocycles. The number of hydrogen-bond donors (Lipinski definition) is 8. The van der Waals surface area contributed by atoms with Crippen LogP contribution in [0.5, 0.6) is 5.75 Å². The summed E-state index contributed by atoms with van der Waals surface area (Å²) in [5, 5.41) is 62.3. The Labute approximate surface area is 487 Å². The Bertz CT molecular complexity index is 3500. The summed E-state index contributed by atoms with van der Waals surface area (Å²) in [6, 6.07) is 21.5. The summed E-state index contributed by atoms with van der Waals surface area (Å²) >= 11 is 1.41. The number of aliphatic carboxylic acids is 1. The monoisotopic (exact) mass is 1170 g/mol. The first-order chi connectivity index (χ1) is 40.0. The Kier molecular flexibility index (Phi) is 15.8. The lowest BCUT2D eigenvalue weighted by Crippen LogP contribution is -2.64. The number of nitrogens with zero attached hydrogens (tertiary/aromatic N) is 6. The van der Waals surface area contributed by atoms with Gasteiger partial charge in [-0.05, 0) is 127 Å². The van der Waals surface area contributed by atoms with Crippen molar-refractivity contribution in [2.75, 3.05) is 48.8 Å². The number of benzene rings is 3. The van der Waals surface area contributed by atoms with Gasteiger partial charge in [0.2, 0.25) is 12.2 Å². The molecule has 3 aromatic heterocycles. The summed E-state index contributed by atoms with van der Waals surface area (Å²) in [4.78, 5) is 77.5. The first-order valence-electron chi connectivity index (χ1n) is 28.1. The van der Waals surface area contributed by atoms with Gasteiger partial charge in [0.25, 0.3) is 5.91 Å². The summed E-state index contributed by atoms with van der Waals surface area (Å²) in [6.07, 6.45) is -2.13. The van der Waals surface area contributed by atoms with Crippen LogP contribution in [0.4, 0.5) is 21.4 Å². The highest BCUT2D eigenvalue weighted by atomic mass is 32.1. The standard InChI is InChI=1S/C60H69N9O14S/c1-33-38(36-13-15-44(65-46(36)52(75)76)68-19-17-35-8-7-9-37(39(35)24-68)51(74)66-55-64-40-10-5-6-11-43(40)84-55)23-62-69(33)32-59-27-57(2)26-58(3,28-59)30-60(29-57,31-59)81-21-20-67(4)56(79)80-25-34-12-14-42(41(22-34)63-45(70)16-18-61)82-54-49(73)47(71)48(72)50(83-54)53(77)78/h5-15,22-23,47-50,54,71-73H,16-21,24-32,61H2,1-4H3,(H,63,70)(H,75,76)(H,77,78)(H,64,66,74)/t47-,48-,49+,50-,54+,57?,58?,59?,60?/m0/s1. The normalized spacial score (nSPS) is 26.8. The number of ether oxygens (including phenoxy) is 4. The molecule has 0 radical (unpaired) electrons. The van der Waals surface area contributed by atoms with Crippen molar-refractivity contribution in [1.82, 2.24) is 24.6 Å². The van der Waals surface area contributed by atoms with E-state index in [1.54, 1.807) is 19.3 Å². The predicted molar refractivity (Wildman–Crippen MR) is 307 cm³/mol. The molecule has 5 fully saturated rings. The minimum absolute atomic E-state index is 0.0124. The molecule has 4 saturated carbocycles. The van der Waals surface area contributed by atoms with Crippen molar-refractivity contribution in [3.63, 3.8) is 0 Å². The molecule has 23 nitrogen and oxygen atoms in total. The molecule has 84 heavy (non-hydrogen) atoms. The summed E-state index contributed by atoms with van der Waals surface area (Å²) in [7, 11) is 1.62. The molecular weight excluding hydrogens is 1100 g/mol. The molecule has 24 heteroatoms. The zero-order valence-electron chi connectivity index (χ0n) is 47.1. The number of aliphatic hydroxyl groups is 3. The highest BCUT2D eigenvalue weighted by molar-refractivity contribution is 7.22. The van der Waals surface area contributed by atoms with Gasteiger partial charge in [0.05, 0.1) is 34.3 Å². The van der Waals surface area contributed by atoms with Crippen LogP contribution in [0.25, 0.3) is 21.3 Å². The maximum atomic E-state index is 13.8. The quantitative estimate of drug-likeness (QED) is 0.0438. The molecule has 5 heterocycles. The minimum atomic E-state index is -1.93. The van der Waals surface area contributed by atoms with Gasteiger partial charge in [0.1, 0.15) is 36.5 Å². The summed E-state index contributed by atoms with van der Waals surface area (Å²) < 4.78 is 26.6. The third kappa shape index (κ3) is 11.7. The number of carbonyl (C=O) groups is 5. The van der Waals surface area contributed by atoms with E-state index in [9.17, 15) is 49.5 Å². The minimum Gasteiger partial charge on any atom is -0.479 e. The van der Waals surface area contributed by atoms with E-state index in [4.69, 9.17) is 34.8 Å².